The monoisotopic (exact) mass is 196 g/mol. The van der Waals surface area contributed by atoms with Crippen molar-refractivity contribution >= 4 is 12.2 Å². The van der Waals surface area contributed by atoms with E-state index in [0.717, 1.165) is 0 Å². The van der Waals surface area contributed by atoms with E-state index >= 15 is 0 Å². The maximum Gasteiger partial charge on any atom is 0.335 e. The first-order valence-corrected chi connectivity index (χ1v) is 4.07. The normalized spacial score (nSPS) is 14.7. The summed E-state index contributed by atoms with van der Waals surface area (Å²) in [4.78, 5) is 10.6. The number of carboxylic acids is 1. The highest BCUT2D eigenvalue weighted by Gasteiger charge is 2.30. The number of carboxylic acid groups (broad SMARTS) is 1. The quantitative estimate of drug-likeness (QED) is 0.729. The summed E-state index contributed by atoms with van der Waals surface area (Å²) >= 11 is 0. The van der Waals surface area contributed by atoms with Crippen LogP contribution in [-0.2, 0) is 11.2 Å². The lowest BCUT2D eigenvalue weighted by Crippen LogP contribution is -2.37. The molecule has 0 radical (unpaired) electrons. The van der Waals surface area contributed by atoms with E-state index < -0.39 is 11.6 Å². The minimum Gasteiger partial charge on any atom is -0.479 e. The highest BCUT2D eigenvalue weighted by molar-refractivity contribution is 5.76. The van der Waals surface area contributed by atoms with E-state index in [1.165, 1.54) is 24.0 Å². The van der Waals surface area contributed by atoms with E-state index in [0.29, 0.717) is 5.56 Å². The van der Waals surface area contributed by atoms with Crippen LogP contribution in [0.1, 0.15) is 12.5 Å². The van der Waals surface area contributed by atoms with E-state index in [2.05, 4.69) is 11.7 Å². The molecule has 0 fully saturated rings. The van der Waals surface area contributed by atoms with Crippen molar-refractivity contribution in [3.63, 3.8) is 0 Å². The summed E-state index contributed by atoms with van der Waals surface area (Å²) in [5, 5.41) is 22.0. The van der Waals surface area contributed by atoms with Crippen LogP contribution in [0, 0.1) is 0 Å². The van der Waals surface area contributed by atoms with Crippen LogP contribution in [0.4, 0.5) is 0 Å². The summed E-state index contributed by atoms with van der Waals surface area (Å²) in [5.41, 5.74) is -1.10. The van der Waals surface area contributed by atoms with Crippen LogP contribution in [0.5, 0.6) is 0 Å². The molecule has 1 aromatic rings. The molecule has 0 amide bonds. The second-order valence-electron chi connectivity index (χ2n) is 3.27. The van der Waals surface area contributed by atoms with Crippen molar-refractivity contribution in [3.05, 3.63) is 24.5 Å². The zero-order chi connectivity index (χ0) is 10.8. The van der Waals surface area contributed by atoms with Gasteiger partial charge in [0.05, 0.1) is 6.20 Å². The van der Waals surface area contributed by atoms with Crippen molar-refractivity contribution in [2.45, 2.75) is 18.9 Å². The molecule has 0 aliphatic rings. The number of nitrogens with zero attached hydrogens (tertiary/aromatic N) is 2. The second-order valence-corrected chi connectivity index (χ2v) is 3.27. The first kappa shape index (κ1) is 10.5. The van der Waals surface area contributed by atoms with E-state index in [1.54, 1.807) is 6.20 Å². The summed E-state index contributed by atoms with van der Waals surface area (Å²) in [5.74, 6) is -1.25. The fraction of sp³-hybridized carbons (Fsp3) is 0.333. The molecule has 0 aliphatic carbocycles. The minimum atomic E-state index is -1.75. The molecule has 0 saturated heterocycles. The number of hydrogen-bond acceptors (Lipinski definition) is 3. The fourth-order valence-electron chi connectivity index (χ4n) is 1.04. The molecule has 2 N–H and O–H groups in total. The molecule has 0 spiro atoms. The van der Waals surface area contributed by atoms with Crippen molar-refractivity contribution in [2.24, 2.45) is 0 Å². The molecule has 1 unspecified atom stereocenters. The third-order valence-electron chi connectivity index (χ3n) is 1.85. The van der Waals surface area contributed by atoms with Crippen LogP contribution in [0.15, 0.2) is 19.0 Å². The van der Waals surface area contributed by atoms with Gasteiger partial charge < -0.3 is 10.2 Å². The highest BCUT2D eigenvalue weighted by atomic mass is 16.4. The molecule has 1 rings (SSSR count). The third-order valence-corrected chi connectivity index (χ3v) is 1.85. The fourth-order valence-corrected chi connectivity index (χ4v) is 1.04. The number of hydrogen-bond donors (Lipinski definition) is 2. The zero-order valence-corrected chi connectivity index (χ0v) is 7.84. The molecule has 0 saturated carbocycles. The van der Waals surface area contributed by atoms with Crippen molar-refractivity contribution in [3.8, 4) is 0 Å². The Balaban J connectivity index is 2.78. The number of aliphatic hydroxyl groups is 1. The van der Waals surface area contributed by atoms with E-state index in [1.807, 2.05) is 0 Å². The lowest BCUT2D eigenvalue weighted by atomic mass is 9.99. The molecule has 5 heteroatoms. The molecular formula is C9H12N2O3. The van der Waals surface area contributed by atoms with Crippen molar-refractivity contribution in [2.75, 3.05) is 0 Å². The van der Waals surface area contributed by atoms with Crippen LogP contribution in [-0.4, -0.2) is 31.6 Å². The van der Waals surface area contributed by atoms with E-state index in [4.69, 9.17) is 5.11 Å². The van der Waals surface area contributed by atoms with Crippen molar-refractivity contribution in [1.29, 1.82) is 0 Å². The first-order chi connectivity index (χ1) is 6.45. The number of aromatic nitrogens is 2. The summed E-state index contributed by atoms with van der Waals surface area (Å²) in [6, 6.07) is 0. The number of rotatable bonds is 4. The third kappa shape index (κ3) is 2.20. The predicted molar refractivity (Wildman–Crippen MR) is 50.6 cm³/mol. The Bertz CT molecular complexity index is 355. The molecule has 1 aromatic heterocycles. The molecule has 0 aliphatic heterocycles. The van der Waals surface area contributed by atoms with Gasteiger partial charge >= 0.3 is 5.97 Å². The molecule has 0 bridgehead atoms. The maximum atomic E-state index is 10.6. The van der Waals surface area contributed by atoms with Gasteiger partial charge in [-0.2, -0.15) is 5.10 Å². The van der Waals surface area contributed by atoms with Crippen molar-refractivity contribution in [1.82, 2.24) is 9.78 Å². The van der Waals surface area contributed by atoms with Crippen LogP contribution in [0.3, 0.4) is 0 Å². The lowest BCUT2D eigenvalue weighted by Gasteiger charge is -2.15. The molecule has 5 nitrogen and oxygen atoms in total. The smallest absolute Gasteiger partial charge is 0.335 e. The minimum absolute atomic E-state index is 0.0240. The predicted octanol–water partition coefficient (Wildman–Crippen LogP) is 0.362. The Kier molecular flexibility index (Phi) is 2.71. The van der Waals surface area contributed by atoms with Gasteiger partial charge in [-0.15, -0.1) is 0 Å². The number of carbonyl (C=O) groups is 1. The Morgan fingerprint density at radius 2 is 2.50 bits per heavy atom. The van der Waals surface area contributed by atoms with Gasteiger partial charge in [0, 0.05) is 18.8 Å². The molecular weight excluding hydrogens is 184 g/mol. The van der Waals surface area contributed by atoms with Crippen LogP contribution in [0.2, 0.25) is 0 Å². The SMILES string of the molecule is C=Cn1cc(CC(C)(O)C(=O)O)cn1. The van der Waals surface area contributed by atoms with Crippen LogP contribution >= 0.6 is 0 Å². The Hall–Kier alpha value is -1.62. The van der Waals surface area contributed by atoms with Gasteiger partial charge in [-0.1, -0.05) is 6.58 Å². The Morgan fingerprint density at radius 1 is 1.86 bits per heavy atom. The van der Waals surface area contributed by atoms with Gasteiger partial charge in [-0.25, -0.2) is 9.48 Å². The van der Waals surface area contributed by atoms with Gasteiger partial charge in [-0.05, 0) is 12.5 Å². The maximum absolute atomic E-state index is 10.6. The lowest BCUT2D eigenvalue weighted by molar-refractivity contribution is -0.156. The first-order valence-electron chi connectivity index (χ1n) is 4.07. The summed E-state index contributed by atoms with van der Waals surface area (Å²) in [7, 11) is 0. The van der Waals surface area contributed by atoms with Gasteiger partial charge in [0.15, 0.2) is 5.60 Å². The molecule has 1 heterocycles. The van der Waals surface area contributed by atoms with Gasteiger partial charge in [0.1, 0.15) is 0 Å². The Morgan fingerprint density at radius 3 is 2.93 bits per heavy atom. The van der Waals surface area contributed by atoms with E-state index in [-0.39, 0.29) is 6.42 Å². The topological polar surface area (TPSA) is 75.4 Å². The average molecular weight is 196 g/mol. The van der Waals surface area contributed by atoms with E-state index in [9.17, 15) is 9.90 Å². The second kappa shape index (κ2) is 3.63. The number of aliphatic carboxylic acids is 1. The van der Waals surface area contributed by atoms with Crippen LogP contribution in [0.25, 0.3) is 6.20 Å². The standard InChI is InChI=1S/C9H12N2O3/c1-3-11-6-7(5-10-11)4-9(2,14)8(12)13/h3,5-6,14H,1,4H2,2H3,(H,12,13). The summed E-state index contributed by atoms with van der Waals surface area (Å²) in [6.07, 6.45) is 4.62. The van der Waals surface area contributed by atoms with Gasteiger partial charge in [0.2, 0.25) is 0 Å². The zero-order valence-electron chi connectivity index (χ0n) is 7.84. The summed E-state index contributed by atoms with van der Waals surface area (Å²) < 4.78 is 1.45. The Labute approximate surface area is 81.3 Å². The van der Waals surface area contributed by atoms with Crippen molar-refractivity contribution < 1.29 is 15.0 Å². The largest absolute Gasteiger partial charge is 0.479 e. The average Bonchev–Trinajstić information content (AvgIpc) is 2.51. The molecule has 76 valence electrons. The molecule has 14 heavy (non-hydrogen) atoms. The molecule has 0 aromatic carbocycles. The van der Waals surface area contributed by atoms with Gasteiger partial charge in [-0.3, -0.25) is 0 Å². The highest BCUT2D eigenvalue weighted by Crippen LogP contribution is 2.12. The van der Waals surface area contributed by atoms with Crippen LogP contribution < -0.4 is 0 Å². The summed E-state index contributed by atoms with van der Waals surface area (Å²) in [6.45, 7) is 4.75. The van der Waals surface area contributed by atoms with Gasteiger partial charge in [0.25, 0.3) is 0 Å². The molecule has 1 atom stereocenters.